The zero-order chi connectivity index (χ0) is 14.4. The number of rotatable bonds is 2. The number of para-hydroxylation sites is 1. The Balaban J connectivity index is 1.80. The first-order valence-electron chi connectivity index (χ1n) is 7.52. The Labute approximate surface area is 123 Å². The zero-order valence-corrected chi connectivity index (χ0v) is 12.1. The Hall–Kier alpha value is -1.84. The highest BCUT2D eigenvalue weighted by atomic mass is 16.5. The van der Waals surface area contributed by atoms with Gasteiger partial charge in [0.25, 0.3) is 0 Å². The number of furan rings is 1. The van der Waals surface area contributed by atoms with Gasteiger partial charge in [0, 0.05) is 29.3 Å². The Morgan fingerprint density at radius 3 is 2.71 bits per heavy atom. The number of benzene rings is 2. The van der Waals surface area contributed by atoms with Gasteiger partial charge >= 0.3 is 0 Å². The Bertz CT molecular complexity index is 792. The standard InChI is InChI=1S/C18H19NO2/c1-11-13(8-9-20-11)18(19)12-6-7-17-15(10-12)14-4-2-3-5-16(14)21-17/h2-7,10-11,13,18H,8-9,19H2,1H3. The molecule has 21 heavy (non-hydrogen) atoms. The quantitative estimate of drug-likeness (QED) is 0.772. The van der Waals surface area contributed by atoms with Crippen LogP contribution in [0.25, 0.3) is 21.9 Å². The molecule has 0 amide bonds. The van der Waals surface area contributed by atoms with Crippen LogP contribution in [0.1, 0.15) is 24.9 Å². The first kappa shape index (κ1) is 12.9. The largest absolute Gasteiger partial charge is 0.456 e. The summed E-state index contributed by atoms with van der Waals surface area (Å²) in [5, 5.41) is 2.29. The summed E-state index contributed by atoms with van der Waals surface area (Å²) in [7, 11) is 0. The molecule has 1 fully saturated rings. The van der Waals surface area contributed by atoms with E-state index in [0.717, 1.165) is 40.5 Å². The minimum atomic E-state index is 0.0144. The number of ether oxygens (including phenoxy) is 1. The lowest BCUT2D eigenvalue weighted by molar-refractivity contribution is 0.0995. The molecule has 3 nitrogen and oxygen atoms in total. The van der Waals surface area contributed by atoms with E-state index in [9.17, 15) is 0 Å². The summed E-state index contributed by atoms with van der Waals surface area (Å²) in [5.41, 5.74) is 9.49. The molecule has 2 aromatic carbocycles. The molecule has 108 valence electrons. The zero-order valence-electron chi connectivity index (χ0n) is 12.1. The third-order valence-electron chi connectivity index (χ3n) is 4.68. The van der Waals surface area contributed by atoms with Gasteiger partial charge in [0.1, 0.15) is 11.2 Å². The molecule has 3 aromatic rings. The van der Waals surface area contributed by atoms with Crippen LogP contribution in [0.3, 0.4) is 0 Å². The summed E-state index contributed by atoms with van der Waals surface area (Å²) < 4.78 is 11.5. The van der Waals surface area contributed by atoms with Crippen molar-refractivity contribution < 1.29 is 9.15 Å². The van der Waals surface area contributed by atoms with Crippen LogP contribution in [0, 0.1) is 5.92 Å². The second kappa shape index (κ2) is 4.86. The lowest BCUT2D eigenvalue weighted by Gasteiger charge is -2.22. The van der Waals surface area contributed by atoms with Gasteiger partial charge in [0.15, 0.2) is 0 Å². The molecule has 0 bridgehead atoms. The minimum absolute atomic E-state index is 0.0144. The molecule has 1 saturated heterocycles. The van der Waals surface area contributed by atoms with Gasteiger partial charge in [0.05, 0.1) is 6.10 Å². The molecule has 2 heterocycles. The van der Waals surface area contributed by atoms with E-state index in [1.807, 2.05) is 24.3 Å². The first-order chi connectivity index (χ1) is 10.2. The van der Waals surface area contributed by atoms with Crippen molar-refractivity contribution in [2.45, 2.75) is 25.5 Å². The summed E-state index contributed by atoms with van der Waals surface area (Å²) in [6.07, 6.45) is 1.27. The molecule has 0 radical (unpaired) electrons. The van der Waals surface area contributed by atoms with Crippen LogP contribution in [0.2, 0.25) is 0 Å². The van der Waals surface area contributed by atoms with Crippen LogP contribution in [0.15, 0.2) is 46.9 Å². The molecule has 3 heteroatoms. The normalized spacial score (nSPS) is 23.9. The van der Waals surface area contributed by atoms with E-state index in [-0.39, 0.29) is 12.1 Å². The van der Waals surface area contributed by atoms with Gasteiger partial charge in [0.2, 0.25) is 0 Å². The molecule has 0 saturated carbocycles. The topological polar surface area (TPSA) is 48.4 Å². The van der Waals surface area contributed by atoms with Crippen molar-refractivity contribution in [3.63, 3.8) is 0 Å². The first-order valence-corrected chi connectivity index (χ1v) is 7.52. The number of nitrogens with two attached hydrogens (primary N) is 1. The molecule has 1 aliphatic heterocycles. The highest BCUT2D eigenvalue weighted by Crippen LogP contribution is 2.35. The van der Waals surface area contributed by atoms with Crippen molar-refractivity contribution in [3.8, 4) is 0 Å². The van der Waals surface area contributed by atoms with Gasteiger partial charge in [-0.15, -0.1) is 0 Å². The Morgan fingerprint density at radius 1 is 1.10 bits per heavy atom. The summed E-state index contributed by atoms with van der Waals surface area (Å²) >= 11 is 0. The number of hydrogen-bond donors (Lipinski definition) is 1. The van der Waals surface area contributed by atoms with E-state index >= 15 is 0 Å². The van der Waals surface area contributed by atoms with E-state index in [0.29, 0.717) is 5.92 Å². The van der Waals surface area contributed by atoms with Crippen LogP contribution in [0.5, 0.6) is 0 Å². The maximum Gasteiger partial charge on any atom is 0.135 e. The second-order valence-corrected chi connectivity index (χ2v) is 5.91. The minimum Gasteiger partial charge on any atom is -0.456 e. The predicted molar refractivity (Wildman–Crippen MR) is 84.2 cm³/mol. The van der Waals surface area contributed by atoms with E-state index in [1.54, 1.807) is 0 Å². The van der Waals surface area contributed by atoms with Crippen molar-refractivity contribution in [2.24, 2.45) is 11.7 Å². The van der Waals surface area contributed by atoms with E-state index in [4.69, 9.17) is 14.9 Å². The molecular formula is C18H19NO2. The van der Waals surface area contributed by atoms with Crippen LogP contribution < -0.4 is 5.73 Å². The maximum atomic E-state index is 6.48. The van der Waals surface area contributed by atoms with Crippen LogP contribution in [-0.2, 0) is 4.74 Å². The van der Waals surface area contributed by atoms with E-state index in [1.165, 1.54) is 0 Å². The van der Waals surface area contributed by atoms with Gasteiger partial charge in [-0.05, 0) is 37.1 Å². The maximum absolute atomic E-state index is 6.48. The summed E-state index contributed by atoms with van der Waals surface area (Å²) in [4.78, 5) is 0. The Morgan fingerprint density at radius 2 is 1.90 bits per heavy atom. The van der Waals surface area contributed by atoms with Gasteiger partial charge in [-0.3, -0.25) is 0 Å². The Kier molecular flexibility index (Phi) is 2.98. The second-order valence-electron chi connectivity index (χ2n) is 5.91. The number of fused-ring (bicyclic) bond motifs is 3. The van der Waals surface area contributed by atoms with Gasteiger partial charge in [-0.2, -0.15) is 0 Å². The molecule has 1 aromatic heterocycles. The van der Waals surface area contributed by atoms with E-state index in [2.05, 4.69) is 25.1 Å². The fourth-order valence-electron chi connectivity index (χ4n) is 3.42. The number of hydrogen-bond acceptors (Lipinski definition) is 3. The van der Waals surface area contributed by atoms with E-state index < -0.39 is 0 Å². The molecular weight excluding hydrogens is 262 g/mol. The average Bonchev–Trinajstić information content (AvgIpc) is 3.09. The van der Waals surface area contributed by atoms with Crippen LogP contribution in [0.4, 0.5) is 0 Å². The molecule has 3 unspecified atom stereocenters. The fraction of sp³-hybridized carbons (Fsp3) is 0.333. The lowest BCUT2D eigenvalue weighted by atomic mass is 9.88. The lowest BCUT2D eigenvalue weighted by Crippen LogP contribution is -2.26. The molecule has 3 atom stereocenters. The summed E-state index contributed by atoms with van der Waals surface area (Å²) in [6.45, 7) is 2.93. The molecule has 2 N–H and O–H groups in total. The molecule has 0 aliphatic carbocycles. The van der Waals surface area contributed by atoms with Crippen molar-refractivity contribution >= 4 is 21.9 Å². The van der Waals surface area contributed by atoms with Gasteiger partial charge in [-0.25, -0.2) is 0 Å². The third kappa shape index (κ3) is 2.04. The SMILES string of the molecule is CC1OCCC1C(N)c1ccc2oc3ccccc3c2c1. The monoisotopic (exact) mass is 281 g/mol. The van der Waals surface area contributed by atoms with Crippen LogP contribution >= 0.6 is 0 Å². The third-order valence-corrected chi connectivity index (χ3v) is 4.68. The summed E-state index contributed by atoms with van der Waals surface area (Å²) in [5.74, 6) is 0.389. The molecule has 4 rings (SSSR count). The molecule has 1 aliphatic rings. The van der Waals surface area contributed by atoms with Gasteiger partial charge in [-0.1, -0.05) is 24.3 Å². The predicted octanol–water partition coefficient (Wildman–Crippen LogP) is 4.01. The van der Waals surface area contributed by atoms with Crippen molar-refractivity contribution in [2.75, 3.05) is 6.61 Å². The van der Waals surface area contributed by atoms with Crippen molar-refractivity contribution in [1.29, 1.82) is 0 Å². The summed E-state index contributed by atoms with van der Waals surface area (Å²) in [6, 6.07) is 14.4. The van der Waals surface area contributed by atoms with Crippen molar-refractivity contribution in [1.82, 2.24) is 0 Å². The van der Waals surface area contributed by atoms with Crippen LogP contribution in [-0.4, -0.2) is 12.7 Å². The van der Waals surface area contributed by atoms with Gasteiger partial charge < -0.3 is 14.9 Å². The average molecular weight is 281 g/mol. The highest BCUT2D eigenvalue weighted by molar-refractivity contribution is 6.05. The fourth-order valence-corrected chi connectivity index (χ4v) is 3.42. The highest BCUT2D eigenvalue weighted by Gasteiger charge is 2.30. The smallest absolute Gasteiger partial charge is 0.135 e. The van der Waals surface area contributed by atoms with Crippen molar-refractivity contribution in [3.05, 3.63) is 48.0 Å². The molecule has 0 spiro atoms.